The van der Waals surface area contributed by atoms with E-state index in [0.29, 0.717) is 12.1 Å². The first-order valence-electron chi connectivity index (χ1n) is 7.63. The predicted molar refractivity (Wildman–Crippen MR) is 91.7 cm³/mol. The summed E-state index contributed by atoms with van der Waals surface area (Å²) in [6.07, 6.45) is 1.18. The van der Waals surface area contributed by atoms with Gasteiger partial charge in [-0.1, -0.05) is 23.7 Å². The molecule has 5 heteroatoms. The third kappa shape index (κ3) is 4.07. The number of aromatic nitrogens is 1. The minimum atomic E-state index is 0.309. The van der Waals surface area contributed by atoms with Crippen molar-refractivity contribution in [1.29, 1.82) is 0 Å². The lowest BCUT2D eigenvalue weighted by atomic mass is 10.2. The standard InChI is InChI=1S/C17H21ClN2OS/c1-12-10-21-13(2)8-20(12)9-16-11-22-17(19-16)7-14-3-5-15(18)6-4-14/h3-6,11-13H,7-10H2,1-2H3. The maximum Gasteiger partial charge on any atom is 0.0972 e. The van der Waals surface area contributed by atoms with E-state index in [1.54, 1.807) is 11.3 Å². The lowest BCUT2D eigenvalue weighted by Crippen LogP contribution is -2.46. The molecule has 0 spiro atoms. The molecule has 2 atom stereocenters. The van der Waals surface area contributed by atoms with Crippen LogP contribution in [-0.4, -0.2) is 35.2 Å². The number of hydrogen-bond donors (Lipinski definition) is 0. The molecule has 1 aromatic carbocycles. The van der Waals surface area contributed by atoms with Crippen LogP contribution in [0.25, 0.3) is 0 Å². The number of rotatable bonds is 4. The van der Waals surface area contributed by atoms with Gasteiger partial charge < -0.3 is 4.74 Å². The zero-order valence-corrected chi connectivity index (χ0v) is 14.5. The van der Waals surface area contributed by atoms with E-state index >= 15 is 0 Å². The largest absolute Gasteiger partial charge is 0.376 e. The van der Waals surface area contributed by atoms with Crippen LogP contribution in [-0.2, 0) is 17.7 Å². The maximum absolute atomic E-state index is 5.92. The fourth-order valence-corrected chi connectivity index (χ4v) is 3.63. The van der Waals surface area contributed by atoms with E-state index < -0.39 is 0 Å². The van der Waals surface area contributed by atoms with E-state index in [2.05, 4.69) is 36.3 Å². The molecule has 2 unspecified atom stereocenters. The van der Waals surface area contributed by atoms with E-state index in [0.717, 1.165) is 41.8 Å². The first-order chi connectivity index (χ1) is 10.6. The quantitative estimate of drug-likeness (QED) is 0.844. The van der Waals surface area contributed by atoms with Crippen molar-refractivity contribution in [3.63, 3.8) is 0 Å². The van der Waals surface area contributed by atoms with Crippen molar-refractivity contribution >= 4 is 22.9 Å². The molecule has 0 saturated carbocycles. The lowest BCUT2D eigenvalue weighted by molar-refractivity contribution is -0.0530. The molecule has 2 heterocycles. The van der Waals surface area contributed by atoms with Crippen molar-refractivity contribution in [1.82, 2.24) is 9.88 Å². The minimum Gasteiger partial charge on any atom is -0.376 e. The molecule has 118 valence electrons. The third-order valence-corrected chi connectivity index (χ3v) is 5.12. The predicted octanol–water partition coefficient (Wildman–Crippen LogP) is 4.00. The summed E-state index contributed by atoms with van der Waals surface area (Å²) in [4.78, 5) is 7.24. The normalized spacial score (nSPS) is 22.9. The van der Waals surface area contributed by atoms with E-state index in [1.165, 1.54) is 5.56 Å². The van der Waals surface area contributed by atoms with E-state index in [-0.39, 0.29) is 0 Å². The molecular weight excluding hydrogens is 316 g/mol. The fourth-order valence-electron chi connectivity index (χ4n) is 2.68. The third-order valence-electron chi connectivity index (χ3n) is 3.97. The van der Waals surface area contributed by atoms with Crippen LogP contribution in [0.15, 0.2) is 29.6 Å². The lowest BCUT2D eigenvalue weighted by Gasteiger charge is -2.36. The fraction of sp³-hybridized carbons (Fsp3) is 0.471. The van der Waals surface area contributed by atoms with Gasteiger partial charge in [0.1, 0.15) is 0 Å². The number of morpholine rings is 1. The second kappa shape index (κ2) is 7.09. The number of thiazole rings is 1. The Morgan fingerprint density at radius 1 is 1.32 bits per heavy atom. The van der Waals surface area contributed by atoms with Gasteiger partial charge in [0.25, 0.3) is 0 Å². The van der Waals surface area contributed by atoms with Crippen LogP contribution in [0, 0.1) is 0 Å². The molecule has 1 aliphatic rings. The van der Waals surface area contributed by atoms with Crippen molar-refractivity contribution in [3.8, 4) is 0 Å². The minimum absolute atomic E-state index is 0.309. The van der Waals surface area contributed by atoms with Gasteiger partial charge in [-0.3, -0.25) is 4.90 Å². The number of benzene rings is 1. The highest BCUT2D eigenvalue weighted by atomic mass is 35.5. The van der Waals surface area contributed by atoms with Crippen LogP contribution in [0.3, 0.4) is 0 Å². The molecule has 0 amide bonds. The first-order valence-corrected chi connectivity index (χ1v) is 8.89. The highest BCUT2D eigenvalue weighted by Gasteiger charge is 2.23. The average molecular weight is 337 g/mol. The topological polar surface area (TPSA) is 25.4 Å². The number of nitrogens with zero attached hydrogens (tertiary/aromatic N) is 2. The second-order valence-corrected chi connectivity index (χ2v) is 7.34. The van der Waals surface area contributed by atoms with Crippen LogP contribution in [0.5, 0.6) is 0 Å². The smallest absolute Gasteiger partial charge is 0.0972 e. The molecule has 1 fully saturated rings. The Morgan fingerprint density at radius 3 is 2.86 bits per heavy atom. The van der Waals surface area contributed by atoms with Crippen LogP contribution in [0.4, 0.5) is 0 Å². The van der Waals surface area contributed by atoms with Crippen molar-refractivity contribution in [3.05, 3.63) is 50.9 Å². The second-order valence-electron chi connectivity index (χ2n) is 5.96. The summed E-state index contributed by atoms with van der Waals surface area (Å²) in [5.74, 6) is 0. The summed E-state index contributed by atoms with van der Waals surface area (Å²) in [5.41, 5.74) is 2.41. The van der Waals surface area contributed by atoms with Gasteiger partial charge in [-0.15, -0.1) is 11.3 Å². The number of ether oxygens (including phenoxy) is 1. The summed E-state index contributed by atoms with van der Waals surface area (Å²) in [7, 11) is 0. The van der Waals surface area contributed by atoms with Crippen LogP contribution < -0.4 is 0 Å². The van der Waals surface area contributed by atoms with Crippen molar-refractivity contribution in [2.75, 3.05) is 13.2 Å². The van der Waals surface area contributed by atoms with Crippen molar-refractivity contribution < 1.29 is 4.74 Å². The summed E-state index contributed by atoms with van der Waals surface area (Å²) in [6.45, 7) is 7.04. The molecule has 2 aromatic rings. The SMILES string of the molecule is CC1CN(Cc2csc(Cc3ccc(Cl)cc3)n2)C(C)CO1. The Bertz CT molecular complexity index is 613. The number of halogens is 1. The molecule has 1 saturated heterocycles. The maximum atomic E-state index is 5.92. The zero-order valence-electron chi connectivity index (χ0n) is 13.0. The Kier molecular flexibility index (Phi) is 5.14. The highest BCUT2D eigenvalue weighted by Crippen LogP contribution is 2.20. The van der Waals surface area contributed by atoms with Gasteiger partial charge in [0.2, 0.25) is 0 Å². The van der Waals surface area contributed by atoms with Crippen LogP contribution in [0.2, 0.25) is 5.02 Å². The van der Waals surface area contributed by atoms with Gasteiger partial charge >= 0.3 is 0 Å². The van der Waals surface area contributed by atoms with Gasteiger partial charge in [-0.2, -0.15) is 0 Å². The molecule has 0 N–H and O–H groups in total. The van der Waals surface area contributed by atoms with E-state index in [4.69, 9.17) is 21.3 Å². The van der Waals surface area contributed by atoms with Gasteiger partial charge in [0.05, 0.1) is 23.4 Å². The molecule has 0 bridgehead atoms. The Labute approximate surface area is 140 Å². The molecule has 22 heavy (non-hydrogen) atoms. The monoisotopic (exact) mass is 336 g/mol. The van der Waals surface area contributed by atoms with Gasteiger partial charge in [-0.05, 0) is 31.5 Å². The van der Waals surface area contributed by atoms with Gasteiger partial charge in [-0.25, -0.2) is 4.98 Å². The van der Waals surface area contributed by atoms with Crippen molar-refractivity contribution in [2.24, 2.45) is 0 Å². The van der Waals surface area contributed by atoms with Crippen LogP contribution >= 0.6 is 22.9 Å². The molecule has 0 aliphatic carbocycles. The molecular formula is C17H21ClN2OS. The first kappa shape index (κ1) is 15.9. The Morgan fingerprint density at radius 2 is 2.09 bits per heavy atom. The highest BCUT2D eigenvalue weighted by molar-refractivity contribution is 7.09. The molecule has 1 aromatic heterocycles. The molecule has 3 rings (SSSR count). The summed E-state index contributed by atoms with van der Waals surface area (Å²) in [6, 6.07) is 8.45. The Hall–Kier alpha value is -0.940. The Balaban J connectivity index is 1.62. The van der Waals surface area contributed by atoms with Crippen LogP contribution in [0.1, 0.15) is 30.1 Å². The molecule has 1 aliphatic heterocycles. The van der Waals surface area contributed by atoms with Gasteiger partial charge in [0, 0.05) is 36.0 Å². The summed E-state index contributed by atoms with van der Waals surface area (Å²) >= 11 is 7.66. The average Bonchev–Trinajstić information content (AvgIpc) is 2.93. The summed E-state index contributed by atoms with van der Waals surface area (Å²) in [5, 5.41) is 4.11. The van der Waals surface area contributed by atoms with E-state index in [9.17, 15) is 0 Å². The molecule has 3 nitrogen and oxygen atoms in total. The zero-order chi connectivity index (χ0) is 15.5. The van der Waals surface area contributed by atoms with Crippen molar-refractivity contribution in [2.45, 2.75) is 39.0 Å². The summed E-state index contributed by atoms with van der Waals surface area (Å²) < 4.78 is 5.68. The molecule has 0 radical (unpaired) electrons. The van der Waals surface area contributed by atoms with E-state index in [1.807, 2.05) is 12.1 Å². The van der Waals surface area contributed by atoms with Gasteiger partial charge in [0.15, 0.2) is 0 Å². The number of hydrogen-bond acceptors (Lipinski definition) is 4.